The first-order chi connectivity index (χ1) is 9.09. The molecule has 2 heterocycles. The van der Waals surface area contributed by atoms with Gasteiger partial charge in [0, 0.05) is 26.6 Å². The molecule has 2 fully saturated rings. The van der Waals surface area contributed by atoms with Crippen LogP contribution < -0.4 is 0 Å². The molecule has 2 aliphatic heterocycles. The van der Waals surface area contributed by atoms with Crippen LogP contribution >= 0.6 is 0 Å². The molecule has 2 saturated heterocycles. The maximum atomic E-state index is 12.3. The highest BCUT2D eigenvalue weighted by atomic mass is 16.5. The van der Waals surface area contributed by atoms with Crippen LogP contribution in [0.15, 0.2) is 0 Å². The van der Waals surface area contributed by atoms with Crippen molar-refractivity contribution in [2.45, 2.75) is 31.7 Å². The molecule has 1 atom stereocenters. The molecule has 0 aliphatic carbocycles. The van der Waals surface area contributed by atoms with Gasteiger partial charge in [0.2, 0.25) is 11.8 Å². The van der Waals surface area contributed by atoms with Gasteiger partial charge in [0.1, 0.15) is 0 Å². The summed E-state index contributed by atoms with van der Waals surface area (Å²) >= 11 is 0. The van der Waals surface area contributed by atoms with E-state index in [-0.39, 0.29) is 24.8 Å². The van der Waals surface area contributed by atoms with Crippen LogP contribution in [0.3, 0.4) is 0 Å². The standard InChI is InChI=1S/C13H22N2O4/c1-11(17)15-4-2-3-13(15,10-16)9-12(18)14-5-7-19-8-6-14/h16H,2-10H2,1H3/t13-/m1/s1. The molecule has 0 spiro atoms. The highest BCUT2D eigenvalue weighted by Gasteiger charge is 2.44. The molecule has 0 radical (unpaired) electrons. The summed E-state index contributed by atoms with van der Waals surface area (Å²) in [4.78, 5) is 27.4. The summed E-state index contributed by atoms with van der Waals surface area (Å²) in [6, 6.07) is 0. The normalized spacial score (nSPS) is 27.7. The van der Waals surface area contributed by atoms with Gasteiger partial charge >= 0.3 is 0 Å². The summed E-state index contributed by atoms with van der Waals surface area (Å²) in [7, 11) is 0. The maximum absolute atomic E-state index is 12.3. The lowest BCUT2D eigenvalue weighted by Crippen LogP contribution is -2.53. The van der Waals surface area contributed by atoms with Crippen molar-refractivity contribution in [3.8, 4) is 0 Å². The number of carbonyl (C=O) groups excluding carboxylic acids is 2. The summed E-state index contributed by atoms with van der Waals surface area (Å²) in [5, 5.41) is 9.69. The molecule has 1 N–H and O–H groups in total. The Bertz CT molecular complexity index is 355. The number of aliphatic hydroxyl groups excluding tert-OH is 1. The van der Waals surface area contributed by atoms with E-state index in [2.05, 4.69) is 0 Å². The highest BCUT2D eigenvalue weighted by molar-refractivity contribution is 5.80. The molecule has 19 heavy (non-hydrogen) atoms. The summed E-state index contributed by atoms with van der Waals surface area (Å²) in [6.45, 7) is 4.30. The zero-order chi connectivity index (χ0) is 13.9. The van der Waals surface area contributed by atoms with Gasteiger partial charge in [-0.1, -0.05) is 0 Å². The van der Waals surface area contributed by atoms with Crippen LogP contribution in [0.4, 0.5) is 0 Å². The third-order valence-electron chi connectivity index (χ3n) is 4.11. The molecule has 2 rings (SSSR count). The molecular weight excluding hydrogens is 248 g/mol. The van der Waals surface area contributed by atoms with Gasteiger partial charge in [0.05, 0.1) is 31.8 Å². The van der Waals surface area contributed by atoms with Crippen molar-refractivity contribution in [2.24, 2.45) is 0 Å². The third kappa shape index (κ3) is 2.90. The van der Waals surface area contributed by atoms with Crippen molar-refractivity contribution in [3.63, 3.8) is 0 Å². The van der Waals surface area contributed by atoms with Gasteiger partial charge in [-0.25, -0.2) is 0 Å². The number of amides is 2. The smallest absolute Gasteiger partial charge is 0.225 e. The number of nitrogens with zero attached hydrogens (tertiary/aromatic N) is 2. The topological polar surface area (TPSA) is 70.1 Å². The van der Waals surface area contributed by atoms with E-state index < -0.39 is 5.54 Å². The zero-order valence-electron chi connectivity index (χ0n) is 11.4. The van der Waals surface area contributed by atoms with Gasteiger partial charge in [-0.15, -0.1) is 0 Å². The summed E-state index contributed by atoms with van der Waals surface area (Å²) in [6.07, 6.45) is 1.75. The van der Waals surface area contributed by atoms with Gasteiger partial charge in [0.25, 0.3) is 0 Å². The van der Waals surface area contributed by atoms with Crippen LogP contribution in [-0.4, -0.2) is 71.7 Å². The minimum absolute atomic E-state index is 0.00509. The van der Waals surface area contributed by atoms with E-state index in [1.165, 1.54) is 6.92 Å². The van der Waals surface area contributed by atoms with Crippen LogP contribution in [0.2, 0.25) is 0 Å². The molecule has 0 aromatic carbocycles. The Balaban J connectivity index is 2.05. The molecule has 2 aliphatic rings. The molecule has 0 aromatic heterocycles. The summed E-state index contributed by atoms with van der Waals surface area (Å²) in [5.74, 6) is -0.0631. The fourth-order valence-corrected chi connectivity index (χ4v) is 3.04. The van der Waals surface area contributed by atoms with Gasteiger partial charge in [0.15, 0.2) is 0 Å². The molecule has 0 unspecified atom stereocenters. The van der Waals surface area contributed by atoms with Crippen molar-refractivity contribution < 1.29 is 19.4 Å². The second-order valence-electron chi connectivity index (χ2n) is 5.33. The largest absolute Gasteiger partial charge is 0.394 e. The van der Waals surface area contributed by atoms with E-state index in [0.29, 0.717) is 39.3 Å². The van der Waals surface area contributed by atoms with E-state index >= 15 is 0 Å². The van der Waals surface area contributed by atoms with E-state index in [9.17, 15) is 14.7 Å². The monoisotopic (exact) mass is 270 g/mol. The van der Waals surface area contributed by atoms with E-state index in [1.807, 2.05) is 0 Å². The van der Waals surface area contributed by atoms with Crippen molar-refractivity contribution in [3.05, 3.63) is 0 Å². The van der Waals surface area contributed by atoms with Crippen molar-refractivity contribution in [1.82, 2.24) is 9.80 Å². The van der Waals surface area contributed by atoms with Crippen LogP contribution in [0.1, 0.15) is 26.2 Å². The fourth-order valence-electron chi connectivity index (χ4n) is 3.04. The fraction of sp³-hybridized carbons (Fsp3) is 0.846. The first-order valence-corrected chi connectivity index (χ1v) is 6.84. The Morgan fingerprint density at radius 2 is 1.95 bits per heavy atom. The molecule has 0 aromatic rings. The van der Waals surface area contributed by atoms with Crippen LogP contribution in [-0.2, 0) is 14.3 Å². The van der Waals surface area contributed by atoms with Crippen molar-refractivity contribution >= 4 is 11.8 Å². The molecule has 108 valence electrons. The predicted molar refractivity (Wildman–Crippen MR) is 68.5 cm³/mol. The van der Waals surface area contributed by atoms with Crippen molar-refractivity contribution in [1.29, 1.82) is 0 Å². The van der Waals surface area contributed by atoms with Gasteiger partial charge in [-0.05, 0) is 12.8 Å². The van der Waals surface area contributed by atoms with E-state index in [4.69, 9.17) is 4.74 Å². The van der Waals surface area contributed by atoms with E-state index in [1.54, 1.807) is 9.80 Å². The van der Waals surface area contributed by atoms with Crippen LogP contribution in [0, 0.1) is 0 Å². The Morgan fingerprint density at radius 1 is 1.26 bits per heavy atom. The lowest BCUT2D eigenvalue weighted by atomic mass is 9.92. The third-order valence-corrected chi connectivity index (χ3v) is 4.11. The molecular formula is C13H22N2O4. The number of rotatable bonds is 3. The molecule has 6 heteroatoms. The first-order valence-electron chi connectivity index (χ1n) is 6.84. The highest BCUT2D eigenvalue weighted by Crippen LogP contribution is 2.33. The molecule has 2 amide bonds. The SMILES string of the molecule is CC(=O)N1CCC[C@]1(CO)CC(=O)N1CCOCC1. The quantitative estimate of drug-likeness (QED) is 0.758. The van der Waals surface area contributed by atoms with Crippen molar-refractivity contribution in [2.75, 3.05) is 39.5 Å². The molecule has 0 bridgehead atoms. The average Bonchev–Trinajstić information content (AvgIpc) is 2.84. The number of carbonyl (C=O) groups is 2. The molecule has 6 nitrogen and oxygen atoms in total. The number of hydrogen-bond donors (Lipinski definition) is 1. The molecule has 0 saturated carbocycles. The second kappa shape index (κ2) is 5.88. The van der Waals surface area contributed by atoms with Gasteiger partial charge < -0.3 is 19.6 Å². The van der Waals surface area contributed by atoms with Gasteiger partial charge in [-0.2, -0.15) is 0 Å². The number of hydrogen-bond acceptors (Lipinski definition) is 4. The Kier molecular flexibility index (Phi) is 4.42. The predicted octanol–water partition coefficient (Wildman–Crippen LogP) is -0.391. The summed E-state index contributed by atoms with van der Waals surface area (Å²) in [5.41, 5.74) is -0.693. The zero-order valence-corrected chi connectivity index (χ0v) is 11.4. The van der Waals surface area contributed by atoms with Crippen LogP contribution in [0.5, 0.6) is 0 Å². The minimum atomic E-state index is -0.693. The van der Waals surface area contributed by atoms with E-state index in [0.717, 1.165) is 6.42 Å². The average molecular weight is 270 g/mol. The maximum Gasteiger partial charge on any atom is 0.225 e. The van der Waals surface area contributed by atoms with Gasteiger partial charge in [-0.3, -0.25) is 9.59 Å². The second-order valence-corrected chi connectivity index (χ2v) is 5.33. The number of likely N-dealkylation sites (tertiary alicyclic amines) is 1. The Morgan fingerprint density at radius 3 is 2.53 bits per heavy atom. The number of ether oxygens (including phenoxy) is 1. The number of morpholine rings is 1. The Hall–Kier alpha value is -1.14. The summed E-state index contributed by atoms with van der Waals surface area (Å²) < 4.78 is 5.22. The Labute approximate surface area is 113 Å². The van der Waals surface area contributed by atoms with Crippen LogP contribution in [0.25, 0.3) is 0 Å². The lowest BCUT2D eigenvalue weighted by molar-refractivity contribution is -0.143. The number of aliphatic hydroxyl groups is 1. The minimum Gasteiger partial charge on any atom is -0.394 e. The first kappa shape index (κ1) is 14.3. The lowest BCUT2D eigenvalue weighted by Gasteiger charge is -2.38.